The van der Waals surface area contributed by atoms with Crippen LogP contribution in [0.25, 0.3) is 0 Å². The molecule has 1 aromatic carbocycles. The Balaban J connectivity index is 1.84. The van der Waals surface area contributed by atoms with Gasteiger partial charge < -0.3 is 10.0 Å². The summed E-state index contributed by atoms with van der Waals surface area (Å²) in [6.07, 6.45) is 3.72. The Morgan fingerprint density at radius 1 is 1.37 bits per heavy atom. The normalized spacial score (nSPS) is 24.5. The number of amides is 1. The van der Waals surface area contributed by atoms with Gasteiger partial charge in [-0.15, -0.1) is 0 Å². The predicted octanol–water partition coefficient (Wildman–Crippen LogP) is 2.35. The van der Waals surface area contributed by atoms with Crippen LogP contribution in [0.5, 0.6) is 0 Å². The molecule has 3 rings (SSSR count). The lowest BCUT2D eigenvalue weighted by molar-refractivity contribution is -0.135. The largest absolute Gasteiger partial charge is 0.394 e. The van der Waals surface area contributed by atoms with Crippen molar-refractivity contribution in [3.63, 3.8) is 0 Å². The van der Waals surface area contributed by atoms with Gasteiger partial charge in [-0.2, -0.15) is 0 Å². The minimum absolute atomic E-state index is 0.0114. The summed E-state index contributed by atoms with van der Waals surface area (Å²) in [4.78, 5) is 14.6. The van der Waals surface area contributed by atoms with Crippen LogP contribution in [-0.4, -0.2) is 35.1 Å². The summed E-state index contributed by atoms with van der Waals surface area (Å²) in [5.41, 5.74) is 0.716. The first-order chi connectivity index (χ1) is 9.17. The number of hydrogen-bond acceptors (Lipinski definition) is 2. The standard InChI is InChI=1S/C15H18ClNO2/c16-12-5-3-11(4-6-12)15(7-8-15)14(19)17-9-1-2-13(17)10-18/h3-6,13,18H,1-2,7-10H2/t13-/m0/s1. The lowest BCUT2D eigenvalue weighted by Gasteiger charge is -2.28. The molecule has 1 aliphatic heterocycles. The summed E-state index contributed by atoms with van der Waals surface area (Å²) in [6.45, 7) is 0.849. The number of carbonyl (C=O) groups is 1. The molecule has 1 atom stereocenters. The van der Waals surface area contributed by atoms with Crippen LogP contribution in [0.2, 0.25) is 5.02 Å². The second kappa shape index (κ2) is 4.80. The van der Waals surface area contributed by atoms with Crippen LogP contribution in [0, 0.1) is 0 Å². The number of aliphatic hydroxyl groups is 1. The van der Waals surface area contributed by atoms with Crippen molar-refractivity contribution in [1.29, 1.82) is 0 Å². The van der Waals surface area contributed by atoms with Crippen molar-refractivity contribution in [3.05, 3.63) is 34.9 Å². The molecular formula is C15H18ClNO2. The first-order valence-corrected chi connectivity index (χ1v) is 7.23. The van der Waals surface area contributed by atoms with Crippen LogP contribution < -0.4 is 0 Å². The third kappa shape index (κ3) is 2.15. The molecule has 1 N–H and O–H groups in total. The second-order valence-corrected chi connectivity index (χ2v) is 6.00. The van der Waals surface area contributed by atoms with E-state index in [0.29, 0.717) is 5.02 Å². The summed E-state index contributed by atoms with van der Waals surface area (Å²) in [7, 11) is 0. The molecule has 2 fully saturated rings. The van der Waals surface area contributed by atoms with Gasteiger partial charge in [-0.1, -0.05) is 23.7 Å². The average Bonchev–Trinajstić information content (AvgIpc) is 3.09. The minimum Gasteiger partial charge on any atom is -0.394 e. The second-order valence-electron chi connectivity index (χ2n) is 5.57. The Morgan fingerprint density at radius 3 is 2.63 bits per heavy atom. The molecule has 1 aromatic rings. The van der Waals surface area contributed by atoms with Gasteiger partial charge in [0.2, 0.25) is 5.91 Å². The molecule has 0 spiro atoms. The Hall–Kier alpha value is -1.06. The molecule has 1 saturated carbocycles. The van der Waals surface area contributed by atoms with Gasteiger partial charge in [-0.25, -0.2) is 0 Å². The molecule has 4 heteroatoms. The number of halogens is 1. The number of likely N-dealkylation sites (tertiary alicyclic amines) is 1. The summed E-state index contributed by atoms with van der Waals surface area (Å²) in [5.74, 6) is 0.186. The van der Waals surface area contributed by atoms with E-state index >= 15 is 0 Å². The fourth-order valence-electron chi connectivity index (χ4n) is 3.09. The maximum atomic E-state index is 12.8. The molecule has 0 unspecified atom stereocenters. The third-order valence-electron chi connectivity index (χ3n) is 4.40. The van der Waals surface area contributed by atoms with Crippen LogP contribution in [-0.2, 0) is 10.2 Å². The Labute approximate surface area is 118 Å². The van der Waals surface area contributed by atoms with E-state index in [1.54, 1.807) is 0 Å². The molecule has 1 amide bonds. The molecule has 1 aliphatic carbocycles. The van der Waals surface area contributed by atoms with E-state index in [4.69, 9.17) is 11.6 Å². The summed E-state index contributed by atoms with van der Waals surface area (Å²) < 4.78 is 0. The van der Waals surface area contributed by atoms with Gasteiger partial charge in [0.25, 0.3) is 0 Å². The fraction of sp³-hybridized carbons (Fsp3) is 0.533. The zero-order valence-electron chi connectivity index (χ0n) is 10.8. The van der Waals surface area contributed by atoms with E-state index in [9.17, 15) is 9.90 Å². The molecule has 0 radical (unpaired) electrons. The van der Waals surface area contributed by atoms with Crippen LogP contribution in [0.1, 0.15) is 31.2 Å². The van der Waals surface area contributed by atoms with Crippen molar-refractivity contribution in [2.24, 2.45) is 0 Å². The van der Waals surface area contributed by atoms with Gasteiger partial charge in [0.05, 0.1) is 18.1 Å². The Bertz CT molecular complexity index is 481. The van der Waals surface area contributed by atoms with Crippen molar-refractivity contribution in [2.45, 2.75) is 37.1 Å². The number of carbonyl (C=O) groups excluding carboxylic acids is 1. The van der Waals surface area contributed by atoms with E-state index in [0.717, 1.165) is 37.8 Å². The lowest BCUT2D eigenvalue weighted by atomic mass is 9.94. The van der Waals surface area contributed by atoms with Crippen LogP contribution in [0.3, 0.4) is 0 Å². The number of benzene rings is 1. The smallest absolute Gasteiger partial charge is 0.233 e. The zero-order valence-corrected chi connectivity index (χ0v) is 11.6. The van der Waals surface area contributed by atoms with Gasteiger partial charge in [0, 0.05) is 11.6 Å². The monoisotopic (exact) mass is 279 g/mol. The lowest BCUT2D eigenvalue weighted by Crippen LogP contribution is -2.43. The van der Waals surface area contributed by atoms with Crippen molar-refractivity contribution in [1.82, 2.24) is 4.90 Å². The predicted molar refractivity (Wildman–Crippen MR) is 74.2 cm³/mol. The van der Waals surface area contributed by atoms with Crippen LogP contribution in [0.4, 0.5) is 0 Å². The molecule has 1 heterocycles. The highest BCUT2D eigenvalue weighted by molar-refractivity contribution is 6.30. The molecule has 102 valence electrons. The maximum absolute atomic E-state index is 12.8. The average molecular weight is 280 g/mol. The topological polar surface area (TPSA) is 40.5 Å². The number of rotatable bonds is 3. The van der Waals surface area contributed by atoms with Crippen LogP contribution >= 0.6 is 11.6 Å². The number of nitrogens with zero attached hydrogens (tertiary/aromatic N) is 1. The van der Waals surface area contributed by atoms with Crippen molar-refractivity contribution < 1.29 is 9.90 Å². The summed E-state index contributed by atoms with van der Waals surface area (Å²) >= 11 is 5.91. The first kappa shape index (κ1) is 12.9. The molecule has 19 heavy (non-hydrogen) atoms. The summed E-state index contributed by atoms with van der Waals surface area (Å²) in [6, 6.07) is 7.61. The molecule has 0 bridgehead atoms. The van der Waals surface area contributed by atoms with Crippen molar-refractivity contribution in [2.75, 3.05) is 13.2 Å². The van der Waals surface area contributed by atoms with Gasteiger partial charge >= 0.3 is 0 Å². The van der Waals surface area contributed by atoms with Crippen molar-refractivity contribution in [3.8, 4) is 0 Å². The van der Waals surface area contributed by atoms with E-state index in [1.165, 1.54) is 0 Å². The first-order valence-electron chi connectivity index (χ1n) is 6.85. The minimum atomic E-state index is -0.345. The van der Waals surface area contributed by atoms with Gasteiger partial charge in [0.15, 0.2) is 0 Å². The van der Waals surface area contributed by atoms with E-state index in [-0.39, 0.29) is 24.0 Å². The highest BCUT2D eigenvalue weighted by Crippen LogP contribution is 2.50. The quantitative estimate of drug-likeness (QED) is 0.923. The number of aliphatic hydroxyl groups excluding tert-OH is 1. The van der Waals surface area contributed by atoms with E-state index < -0.39 is 0 Å². The zero-order chi connectivity index (χ0) is 13.5. The summed E-state index contributed by atoms with van der Waals surface area (Å²) in [5, 5.41) is 10.1. The maximum Gasteiger partial charge on any atom is 0.233 e. The van der Waals surface area contributed by atoms with E-state index in [1.807, 2.05) is 29.2 Å². The molecule has 0 aromatic heterocycles. The van der Waals surface area contributed by atoms with Gasteiger partial charge in [-0.05, 0) is 43.4 Å². The molecule has 1 saturated heterocycles. The fourth-order valence-corrected chi connectivity index (χ4v) is 3.21. The SMILES string of the molecule is O=C(N1CCC[C@H]1CO)C1(c2ccc(Cl)cc2)CC1. The third-order valence-corrected chi connectivity index (χ3v) is 4.66. The van der Waals surface area contributed by atoms with Gasteiger partial charge in [0.1, 0.15) is 0 Å². The van der Waals surface area contributed by atoms with E-state index in [2.05, 4.69) is 0 Å². The molecule has 2 aliphatic rings. The highest BCUT2D eigenvalue weighted by atomic mass is 35.5. The molecular weight excluding hydrogens is 262 g/mol. The molecule has 3 nitrogen and oxygen atoms in total. The van der Waals surface area contributed by atoms with Crippen molar-refractivity contribution >= 4 is 17.5 Å². The Kier molecular flexibility index (Phi) is 3.27. The number of hydrogen-bond donors (Lipinski definition) is 1. The van der Waals surface area contributed by atoms with Gasteiger partial charge in [-0.3, -0.25) is 4.79 Å². The highest BCUT2D eigenvalue weighted by Gasteiger charge is 2.54. The Morgan fingerprint density at radius 2 is 2.05 bits per heavy atom. The van der Waals surface area contributed by atoms with Crippen LogP contribution in [0.15, 0.2) is 24.3 Å².